The van der Waals surface area contributed by atoms with Gasteiger partial charge in [-0.15, -0.1) is 0 Å². The Labute approximate surface area is 130 Å². The summed E-state index contributed by atoms with van der Waals surface area (Å²) in [5.41, 5.74) is 1.13. The van der Waals surface area contributed by atoms with Crippen molar-refractivity contribution in [2.24, 2.45) is 12.0 Å². The van der Waals surface area contributed by atoms with E-state index in [4.69, 9.17) is 4.74 Å². The Hall–Kier alpha value is -2.60. The molecule has 0 unspecified atom stereocenters. The number of aryl methyl sites for hydroxylation is 1. The Balaban J connectivity index is 2.11. The lowest BCUT2D eigenvalue weighted by molar-refractivity contribution is 0.0995. The van der Waals surface area contributed by atoms with Crippen LogP contribution in [0.4, 0.5) is 0 Å². The summed E-state index contributed by atoms with van der Waals surface area (Å²) < 4.78 is 7.92. The molecule has 0 saturated carbocycles. The molecule has 0 atom stereocenters. The van der Waals surface area contributed by atoms with Gasteiger partial charge < -0.3 is 14.4 Å². The summed E-state index contributed by atoms with van der Waals surface area (Å²) in [6.45, 7) is 0. The van der Waals surface area contributed by atoms with Gasteiger partial charge in [0.05, 0.1) is 22.9 Å². The van der Waals surface area contributed by atoms with Crippen molar-refractivity contribution in [2.75, 3.05) is 7.11 Å². The van der Waals surface area contributed by atoms with Gasteiger partial charge in [0, 0.05) is 7.05 Å². The smallest absolute Gasteiger partial charge is 0.283 e. The molecule has 2 aromatic carbocycles. The summed E-state index contributed by atoms with van der Waals surface area (Å²) in [4.78, 5) is 17.0. The number of fused-ring (bicyclic) bond motifs is 1. The number of methoxy groups -OCH3 is 1. The topological polar surface area (TPSA) is 63.8 Å². The highest BCUT2D eigenvalue weighted by atomic mass is 32.1. The molecule has 0 radical (unpaired) electrons. The minimum atomic E-state index is -0.501. The molecule has 0 bridgehead atoms. The maximum Gasteiger partial charge on any atom is 0.283 e. The summed E-state index contributed by atoms with van der Waals surface area (Å²) in [6.07, 6.45) is 0. The highest BCUT2D eigenvalue weighted by molar-refractivity contribution is 7.16. The molecule has 0 fully saturated rings. The molecule has 0 aliphatic rings. The molecule has 3 aromatic rings. The van der Waals surface area contributed by atoms with Gasteiger partial charge in [-0.25, -0.2) is 0 Å². The number of amides is 1. The summed E-state index contributed by atoms with van der Waals surface area (Å²) in [5.74, 6) is -0.442. The second-order valence-electron chi connectivity index (χ2n) is 4.68. The number of para-hydroxylation sites is 2. The van der Waals surface area contributed by atoms with E-state index in [0.717, 1.165) is 10.2 Å². The first-order valence-corrected chi connectivity index (χ1v) is 7.43. The molecule has 0 aliphatic heterocycles. The fourth-order valence-corrected chi connectivity index (χ4v) is 3.21. The van der Waals surface area contributed by atoms with Gasteiger partial charge in [-0.3, -0.25) is 4.79 Å². The fourth-order valence-electron chi connectivity index (χ4n) is 2.19. The number of carbonyl (C=O) groups is 1. The minimum Gasteiger partial charge on any atom is -0.504 e. The van der Waals surface area contributed by atoms with Crippen LogP contribution in [-0.4, -0.2) is 22.7 Å². The molecule has 0 saturated heterocycles. The summed E-state index contributed by atoms with van der Waals surface area (Å²) in [5, 5.41) is 10.0. The van der Waals surface area contributed by atoms with Crippen LogP contribution in [0.3, 0.4) is 0 Å². The molecule has 112 valence electrons. The maximum atomic E-state index is 12.3. The molecule has 22 heavy (non-hydrogen) atoms. The number of ether oxygens (including phenoxy) is 1. The number of carbonyl (C=O) groups excluding carboxylic acids is 1. The van der Waals surface area contributed by atoms with Gasteiger partial charge in [-0.2, -0.15) is 4.99 Å². The van der Waals surface area contributed by atoms with E-state index in [2.05, 4.69) is 4.99 Å². The Morgan fingerprint density at radius 3 is 2.73 bits per heavy atom. The van der Waals surface area contributed by atoms with Crippen molar-refractivity contribution < 1.29 is 14.6 Å². The number of rotatable bonds is 2. The van der Waals surface area contributed by atoms with Gasteiger partial charge in [-0.1, -0.05) is 29.5 Å². The van der Waals surface area contributed by atoms with E-state index in [0.29, 0.717) is 4.80 Å². The average Bonchev–Trinajstić information content (AvgIpc) is 2.84. The zero-order chi connectivity index (χ0) is 15.7. The van der Waals surface area contributed by atoms with Crippen LogP contribution in [0.1, 0.15) is 10.4 Å². The Kier molecular flexibility index (Phi) is 3.68. The average molecular weight is 314 g/mol. The standard InChI is InChI=1S/C16H14N2O3S/c1-18-11-7-3-4-9-13(11)22-16(18)17-15(20)10-6-5-8-12(21-2)14(10)19/h3-9,19H,1-2H3. The van der Waals surface area contributed by atoms with E-state index >= 15 is 0 Å². The number of aromatic hydroxyl groups is 1. The lowest BCUT2D eigenvalue weighted by Crippen LogP contribution is -2.13. The Morgan fingerprint density at radius 2 is 2.00 bits per heavy atom. The van der Waals surface area contributed by atoms with Crippen molar-refractivity contribution in [2.45, 2.75) is 0 Å². The normalized spacial score (nSPS) is 11.8. The van der Waals surface area contributed by atoms with Crippen molar-refractivity contribution in [1.29, 1.82) is 0 Å². The SMILES string of the molecule is COc1cccc(C(=O)N=c2sc3ccccc3n2C)c1O. The van der Waals surface area contributed by atoms with Crippen LogP contribution in [0.5, 0.6) is 11.5 Å². The third kappa shape index (κ3) is 2.37. The molecule has 3 rings (SSSR count). The number of benzene rings is 2. The molecule has 1 N–H and O–H groups in total. The van der Waals surface area contributed by atoms with E-state index in [-0.39, 0.29) is 17.1 Å². The van der Waals surface area contributed by atoms with Crippen molar-refractivity contribution >= 4 is 27.5 Å². The van der Waals surface area contributed by atoms with Crippen LogP contribution in [0.15, 0.2) is 47.5 Å². The van der Waals surface area contributed by atoms with Crippen LogP contribution in [0, 0.1) is 0 Å². The molecule has 1 amide bonds. The van der Waals surface area contributed by atoms with E-state index in [1.165, 1.54) is 24.5 Å². The second-order valence-corrected chi connectivity index (χ2v) is 5.69. The Morgan fingerprint density at radius 1 is 1.23 bits per heavy atom. The molecule has 1 heterocycles. The number of phenols is 1. The lowest BCUT2D eigenvalue weighted by atomic mass is 10.2. The predicted molar refractivity (Wildman–Crippen MR) is 85.3 cm³/mol. The van der Waals surface area contributed by atoms with E-state index in [1.807, 2.05) is 35.9 Å². The summed E-state index contributed by atoms with van der Waals surface area (Å²) in [6, 6.07) is 12.6. The number of aromatic nitrogens is 1. The largest absolute Gasteiger partial charge is 0.504 e. The molecule has 5 nitrogen and oxygen atoms in total. The Bertz CT molecular complexity index is 925. The molecule has 0 spiro atoms. The van der Waals surface area contributed by atoms with E-state index in [1.54, 1.807) is 12.1 Å². The van der Waals surface area contributed by atoms with Crippen LogP contribution in [0.2, 0.25) is 0 Å². The van der Waals surface area contributed by atoms with Crippen LogP contribution in [-0.2, 0) is 7.05 Å². The van der Waals surface area contributed by atoms with Crippen molar-refractivity contribution in [1.82, 2.24) is 4.57 Å². The molecular weight excluding hydrogens is 300 g/mol. The van der Waals surface area contributed by atoms with Gasteiger partial charge in [-0.05, 0) is 24.3 Å². The fraction of sp³-hybridized carbons (Fsp3) is 0.125. The third-order valence-electron chi connectivity index (χ3n) is 3.36. The zero-order valence-electron chi connectivity index (χ0n) is 12.1. The summed E-state index contributed by atoms with van der Waals surface area (Å²) >= 11 is 1.43. The van der Waals surface area contributed by atoms with Gasteiger partial charge in [0.1, 0.15) is 0 Å². The van der Waals surface area contributed by atoms with Gasteiger partial charge in [0.25, 0.3) is 5.91 Å². The molecule has 0 aliphatic carbocycles. The first-order valence-electron chi connectivity index (χ1n) is 6.61. The first kappa shape index (κ1) is 14.3. The van der Waals surface area contributed by atoms with Crippen molar-refractivity contribution in [3.63, 3.8) is 0 Å². The predicted octanol–water partition coefficient (Wildman–Crippen LogP) is 2.70. The lowest BCUT2D eigenvalue weighted by Gasteiger charge is -2.05. The highest BCUT2D eigenvalue weighted by Crippen LogP contribution is 2.29. The minimum absolute atomic E-state index is 0.122. The molecular formula is C16H14N2O3S. The third-order valence-corrected chi connectivity index (χ3v) is 4.47. The van der Waals surface area contributed by atoms with E-state index in [9.17, 15) is 9.90 Å². The monoisotopic (exact) mass is 314 g/mol. The second kappa shape index (κ2) is 5.65. The number of nitrogens with zero attached hydrogens (tertiary/aromatic N) is 2. The van der Waals surface area contributed by atoms with Crippen molar-refractivity contribution in [3.05, 3.63) is 52.8 Å². The number of thiazole rings is 1. The number of phenolic OH excluding ortho intramolecular Hbond substituents is 1. The maximum absolute atomic E-state index is 12.3. The molecule has 6 heteroatoms. The van der Waals surface area contributed by atoms with Gasteiger partial charge >= 0.3 is 0 Å². The van der Waals surface area contributed by atoms with Gasteiger partial charge in [0.2, 0.25) is 0 Å². The first-order chi connectivity index (χ1) is 10.6. The quantitative estimate of drug-likeness (QED) is 0.791. The van der Waals surface area contributed by atoms with Crippen LogP contribution < -0.4 is 9.54 Å². The summed E-state index contributed by atoms with van der Waals surface area (Å²) in [7, 11) is 3.29. The number of hydrogen-bond acceptors (Lipinski definition) is 4. The van der Waals surface area contributed by atoms with Crippen LogP contribution >= 0.6 is 11.3 Å². The van der Waals surface area contributed by atoms with Gasteiger partial charge in [0.15, 0.2) is 16.3 Å². The van der Waals surface area contributed by atoms with Crippen LogP contribution in [0.25, 0.3) is 10.2 Å². The van der Waals surface area contributed by atoms with E-state index < -0.39 is 5.91 Å². The highest BCUT2D eigenvalue weighted by Gasteiger charge is 2.14. The number of hydrogen-bond donors (Lipinski definition) is 1. The molecule has 1 aromatic heterocycles. The van der Waals surface area contributed by atoms with Crippen molar-refractivity contribution in [3.8, 4) is 11.5 Å². The zero-order valence-corrected chi connectivity index (χ0v) is 12.9.